The van der Waals surface area contributed by atoms with Crippen LogP contribution in [0.25, 0.3) is 0 Å². The lowest BCUT2D eigenvalue weighted by Gasteiger charge is -2.08. The van der Waals surface area contributed by atoms with Gasteiger partial charge in [-0.25, -0.2) is 8.42 Å². The second-order valence-corrected chi connectivity index (χ2v) is 14.6. The molecule has 1 aliphatic heterocycles. The van der Waals surface area contributed by atoms with Crippen LogP contribution >= 0.6 is 0 Å². The highest BCUT2D eigenvalue weighted by atomic mass is 32.2. The normalized spacial score (nSPS) is 12.6. The molecule has 294 valence electrons. The van der Waals surface area contributed by atoms with Gasteiger partial charge in [0.2, 0.25) is 21.8 Å². The summed E-state index contributed by atoms with van der Waals surface area (Å²) in [7, 11) is -3.78. The van der Waals surface area contributed by atoms with Crippen LogP contribution in [0, 0.1) is 0 Å². The maximum Gasteiger partial charge on any atom is 0.234 e. The number of nitrogens with zero attached hydrogens (tertiary/aromatic N) is 3. The van der Waals surface area contributed by atoms with E-state index >= 15 is 0 Å². The lowest BCUT2D eigenvalue weighted by atomic mass is 10.0. The Kier molecular flexibility index (Phi) is 29.1. The zero-order valence-electron chi connectivity index (χ0n) is 30.8. The van der Waals surface area contributed by atoms with Crippen LogP contribution in [0.5, 0.6) is 0 Å². The molecule has 2 amide bonds. The van der Waals surface area contributed by atoms with Gasteiger partial charge in [0, 0.05) is 32.4 Å². The molecule has 0 saturated carbocycles. The molecule has 0 aromatic carbocycles. The molecular weight excluding hydrogens is 682 g/mol. The second kappa shape index (κ2) is 32.0. The van der Waals surface area contributed by atoms with E-state index in [0.717, 1.165) is 31.4 Å². The quantitative estimate of drug-likeness (QED) is 0.0846. The average Bonchev–Trinajstić information content (AvgIpc) is 3.60. The largest absolute Gasteiger partial charge is 0.379 e. The molecule has 1 aliphatic rings. The van der Waals surface area contributed by atoms with Crippen LogP contribution in [0.3, 0.4) is 0 Å². The van der Waals surface area contributed by atoms with Crippen molar-refractivity contribution in [1.29, 1.82) is 0 Å². The van der Waals surface area contributed by atoms with Crippen molar-refractivity contribution in [2.75, 3.05) is 71.7 Å². The van der Waals surface area contributed by atoms with E-state index in [4.69, 9.17) is 18.9 Å². The lowest BCUT2D eigenvalue weighted by molar-refractivity contribution is -0.125. The Balaban J connectivity index is 1.85. The van der Waals surface area contributed by atoms with Crippen molar-refractivity contribution in [3.8, 4) is 0 Å². The van der Waals surface area contributed by atoms with E-state index in [1.165, 1.54) is 58.3 Å². The topological polar surface area (TPSA) is 200 Å². The molecule has 51 heavy (non-hydrogen) atoms. The standard InChI is InChI=1S/C35H63N5O10S/c1-31(41)29-49-25-23-47-21-14-17-33(42)30-50-26-24-48-22-20-36-34(43)19-15-27-51(45,46)39-35(44)18-13-11-9-7-5-3-2-4-6-8-10-12-16-32-28-37-40-38-32/h2-30H2,1H3,(H,36,43)(H,39,44). The molecule has 0 aromatic heterocycles. The number of unbranched alkanes of at least 4 members (excludes halogenated alkanes) is 11. The minimum Gasteiger partial charge on any atom is -0.379 e. The molecule has 15 nitrogen and oxygen atoms in total. The van der Waals surface area contributed by atoms with Gasteiger partial charge in [-0.15, -0.1) is 5.10 Å². The summed E-state index contributed by atoms with van der Waals surface area (Å²) >= 11 is 0. The van der Waals surface area contributed by atoms with Crippen molar-refractivity contribution < 1.29 is 46.5 Å². The van der Waals surface area contributed by atoms with E-state index in [2.05, 4.69) is 25.5 Å². The van der Waals surface area contributed by atoms with Crippen molar-refractivity contribution in [1.82, 2.24) is 10.0 Å². The van der Waals surface area contributed by atoms with Gasteiger partial charge in [-0.3, -0.25) is 23.9 Å². The Morgan fingerprint density at radius 1 is 0.627 bits per heavy atom. The van der Waals surface area contributed by atoms with Gasteiger partial charge in [0.15, 0.2) is 11.6 Å². The lowest BCUT2D eigenvalue weighted by Crippen LogP contribution is -2.33. The fourth-order valence-electron chi connectivity index (χ4n) is 5.09. The van der Waals surface area contributed by atoms with Gasteiger partial charge in [0.05, 0.1) is 44.5 Å². The van der Waals surface area contributed by atoms with Gasteiger partial charge < -0.3 is 24.3 Å². The molecule has 0 atom stereocenters. The maximum absolute atomic E-state index is 12.2. The summed E-state index contributed by atoms with van der Waals surface area (Å²) in [5.41, 5.74) is 1.10. The van der Waals surface area contributed by atoms with E-state index in [0.29, 0.717) is 45.6 Å². The highest BCUT2D eigenvalue weighted by Crippen LogP contribution is 2.14. The van der Waals surface area contributed by atoms with Crippen LogP contribution in [0.15, 0.2) is 15.4 Å². The summed E-state index contributed by atoms with van der Waals surface area (Å²) in [5, 5.41) is 14.2. The average molecular weight is 746 g/mol. The highest BCUT2D eigenvalue weighted by Gasteiger charge is 2.15. The first-order valence-corrected chi connectivity index (χ1v) is 20.4. The Morgan fingerprint density at radius 2 is 1.20 bits per heavy atom. The zero-order chi connectivity index (χ0) is 37.3. The number of hydrogen-bond acceptors (Lipinski definition) is 13. The van der Waals surface area contributed by atoms with Gasteiger partial charge in [-0.2, -0.15) is 5.11 Å². The predicted molar refractivity (Wildman–Crippen MR) is 194 cm³/mol. The third-order valence-corrected chi connectivity index (χ3v) is 9.20. The van der Waals surface area contributed by atoms with Crippen molar-refractivity contribution in [3.63, 3.8) is 0 Å². The second-order valence-electron chi connectivity index (χ2n) is 12.8. The number of carbonyl (C=O) groups excluding carboxylic acids is 4. The Bertz CT molecular complexity index is 1130. The number of ether oxygens (including phenoxy) is 4. The van der Waals surface area contributed by atoms with Crippen molar-refractivity contribution in [3.05, 3.63) is 0 Å². The Labute approximate surface area is 304 Å². The van der Waals surface area contributed by atoms with Gasteiger partial charge in [-0.05, 0) is 44.3 Å². The molecule has 0 saturated heterocycles. The number of carbonyl (C=O) groups is 4. The number of Topliss-reactive ketones (excluding diaryl/α,β-unsaturated/α-hetero) is 2. The van der Waals surface area contributed by atoms with Gasteiger partial charge in [0.1, 0.15) is 19.8 Å². The number of nitrogens with one attached hydrogen (secondary N) is 2. The molecule has 0 spiro atoms. The third-order valence-electron chi connectivity index (χ3n) is 7.83. The minimum absolute atomic E-state index is 0.0134. The van der Waals surface area contributed by atoms with Gasteiger partial charge in [-0.1, -0.05) is 64.2 Å². The molecular formula is C35H63N5O10S. The van der Waals surface area contributed by atoms with E-state index in [9.17, 15) is 27.6 Å². The van der Waals surface area contributed by atoms with Crippen molar-refractivity contribution in [2.24, 2.45) is 15.4 Å². The van der Waals surface area contributed by atoms with Crippen molar-refractivity contribution >= 4 is 39.1 Å². The smallest absolute Gasteiger partial charge is 0.234 e. The summed E-state index contributed by atoms with van der Waals surface area (Å²) in [6.07, 6.45) is 15.8. The van der Waals surface area contributed by atoms with Crippen LogP contribution in [0.4, 0.5) is 0 Å². The maximum atomic E-state index is 12.2. The van der Waals surface area contributed by atoms with Crippen molar-refractivity contribution in [2.45, 2.75) is 122 Å². The molecule has 2 N–H and O–H groups in total. The fourth-order valence-corrected chi connectivity index (χ4v) is 6.16. The molecule has 0 unspecified atom stereocenters. The molecule has 16 heteroatoms. The van der Waals surface area contributed by atoms with E-state index in [-0.39, 0.29) is 82.1 Å². The SMILES string of the molecule is CC(=O)COCCOCCCC(=O)COCCOCCNC(=O)CCCS(=O)(=O)NC(=O)CCCCCCCCCCCCCCC1=NN=NC1. The summed E-state index contributed by atoms with van der Waals surface area (Å²) in [6.45, 7) is 4.32. The van der Waals surface area contributed by atoms with Crippen LogP contribution in [-0.4, -0.2) is 109 Å². The molecule has 0 aromatic rings. The highest BCUT2D eigenvalue weighted by molar-refractivity contribution is 7.90. The van der Waals surface area contributed by atoms with Gasteiger partial charge in [0.25, 0.3) is 0 Å². The minimum atomic E-state index is -3.78. The monoisotopic (exact) mass is 745 g/mol. The van der Waals surface area contributed by atoms with Crippen LogP contribution in [-0.2, 0) is 48.1 Å². The molecule has 0 bridgehead atoms. The summed E-state index contributed by atoms with van der Waals surface area (Å²) in [4.78, 5) is 46.7. The molecule has 0 aliphatic carbocycles. The van der Waals surface area contributed by atoms with Crippen LogP contribution in [0.2, 0.25) is 0 Å². The first-order valence-electron chi connectivity index (χ1n) is 18.7. The predicted octanol–water partition coefficient (Wildman–Crippen LogP) is 4.62. The number of hydrogen-bond donors (Lipinski definition) is 2. The first-order chi connectivity index (χ1) is 24.7. The Morgan fingerprint density at radius 3 is 1.82 bits per heavy atom. The van der Waals surface area contributed by atoms with E-state index in [1.807, 2.05) is 0 Å². The molecule has 1 rings (SSSR count). The third kappa shape index (κ3) is 31.8. The zero-order valence-corrected chi connectivity index (χ0v) is 31.7. The summed E-state index contributed by atoms with van der Waals surface area (Å²) < 4.78 is 47.6. The number of rotatable bonds is 37. The first kappa shape index (κ1) is 46.4. The summed E-state index contributed by atoms with van der Waals surface area (Å²) in [5.74, 6) is -1.18. The van der Waals surface area contributed by atoms with Gasteiger partial charge >= 0.3 is 0 Å². The summed E-state index contributed by atoms with van der Waals surface area (Å²) in [6, 6.07) is 0. The number of ketones is 2. The van der Waals surface area contributed by atoms with E-state index in [1.54, 1.807) is 0 Å². The fraction of sp³-hybridized carbons (Fsp3) is 0.857. The Hall–Kier alpha value is -2.66. The molecule has 0 fully saturated rings. The van der Waals surface area contributed by atoms with E-state index < -0.39 is 15.9 Å². The molecule has 1 heterocycles. The molecule has 0 radical (unpaired) electrons. The number of amides is 2. The number of sulfonamides is 1. The van der Waals surface area contributed by atoms with Crippen LogP contribution in [0.1, 0.15) is 122 Å². The van der Waals surface area contributed by atoms with Crippen LogP contribution < -0.4 is 10.0 Å².